The first kappa shape index (κ1) is 19.8. The zero-order valence-electron chi connectivity index (χ0n) is 16.2. The summed E-state index contributed by atoms with van der Waals surface area (Å²) in [5, 5.41) is 3.04. The van der Waals surface area contributed by atoms with Crippen molar-refractivity contribution in [2.45, 2.75) is 53.2 Å². The van der Waals surface area contributed by atoms with E-state index in [-0.39, 0.29) is 11.9 Å². The maximum absolute atomic E-state index is 12.5. The van der Waals surface area contributed by atoms with Crippen molar-refractivity contribution in [3.8, 4) is 11.5 Å². The zero-order valence-corrected chi connectivity index (χ0v) is 16.2. The predicted molar refractivity (Wildman–Crippen MR) is 105 cm³/mol. The second-order valence-corrected chi connectivity index (χ2v) is 6.52. The molecule has 0 spiro atoms. The fourth-order valence-electron chi connectivity index (χ4n) is 2.74. The van der Waals surface area contributed by atoms with Crippen molar-refractivity contribution >= 4 is 5.91 Å². The van der Waals surface area contributed by atoms with Gasteiger partial charge in [-0.1, -0.05) is 31.0 Å². The molecule has 0 radical (unpaired) electrons. The Morgan fingerprint density at radius 3 is 2.46 bits per heavy atom. The molecule has 140 valence electrons. The molecule has 0 aliphatic heterocycles. The van der Waals surface area contributed by atoms with Crippen LogP contribution in [0.3, 0.4) is 0 Å². The van der Waals surface area contributed by atoms with Crippen LogP contribution in [0.5, 0.6) is 11.5 Å². The standard InChI is InChI=1S/C22H29NO3/c1-5-7-17(4)23-22(24)18-10-13-21(25-6-2)19(14-18)15-26-20-11-8-16(3)9-12-20/h8-14,17H,5-7,15H2,1-4H3,(H,23,24). The maximum atomic E-state index is 12.5. The fourth-order valence-corrected chi connectivity index (χ4v) is 2.74. The number of benzene rings is 2. The third-order valence-electron chi connectivity index (χ3n) is 4.14. The minimum atomic E-state index is -0.0643. The average molecular weight is 355 g/mol. The van der Waals surface area contributed by atoms with Crippen molar-refractivity contribution in [1.82, 2.24) is 5.32 Å². The van der Waals surface area contributed by atoms with Crippen molar-refractivity contribution in [2.75, 3.05) is 6.61 Å². The van der Waals surface area contributed by atoms with Crippen molar-refractivity contribution in [3.63, 3.8) is 0 Å². The molecule has 1 amide bonds. The molecule has 1 N–H and O–H groups in total. The number of carbonyl (C=O) groups excluding carboxylic acids is 1. The van der Waals surface area contributed by atoms with Gasteiger partial charge in [-0.15, -0.1) is 0 Å². The fraction of sp³-hybridized carbons (Fsp3) is 0.409. The number of rotatable bonds is 9. The average Bonchev–Trinajstić information content (AvgIpc) is 2.62. The van der Waals surface area contributed by atoms with Crippen molar-refractivity contribution < 1.29 is 14.3 Å². The molecule has 2 aromatic carbocycles. The van der Waals surface area contributed by atoms with Gasteiger partial charge in [-0.25, -0.2) is 0 Å². The largest absolute Gasteiger partial charge is 0.493 e. The van der Waals surface area contributed by atoms with E-state index >= 15 is 0 Å². The number of carbonyl (C=O) groups is 1. The molecule has 26 heavy (non-hydrogen) atoms. The Morgan fingerprint density at radius 2 is 1.81 bits per heavy atom. The number of hydrogen-bond donors (Lipinski definition) is 1. The van der Waals surface area contributed by atoms with Gasteiger partial charge in [-0.05, 0) is 57.5 Å². The number of ether oxygens (including phenoxy) is 2. The van der Waals surface area contributed by atoms with E-state index in [9.17, 15) is 4.79 Å². The Labute approximate surface area is 156 Å². The third kappa shape index (κ3) is 5.80. The molecule has 0 saturated heterocycles. The van der Waals surface area contributed by atoms with Crippen molar-refractivity contribution in [2.24, 2.45) is 0 Å². The van der Waals surface area contributed by atoms with E-state index in [1.54, 1.807) is 6.07 Å². The molecule has 0 heterocycles. The summed E-state index contributed by atoms with van der Waals surface area (Å²) in [5.74, 6) is 1.48. The Hall–Kier alpha value is -2.49. The van der Waals surface area contributed by atoms with E-state index in [0.717, 1.165) is 29.9 Å². The first-order valence-electron chi connectivity index (χ1n) is 9.29. The summed E-state index contributed by atoms with van der Waals surface area (Å²) < 4.78 is 11.6. The van der Waals surface area contributed by atoms with Gasteiger partial charge in [0.25, 0.3) is 5.91 Å². The highest BCUT2D eigenvalue weighted by atomic mass is 16.5. The van der Waals surface area contributed by atoms with Gasteiger partial charge in [-0.2, -0.15) is 0 Å². The van der Waals surface area contributed by atoms with Gasteiger partial charge in [0.2, 0.25) is 0 Å². The first-order valence-corrected chi connectivity index (χ1v) is 9.29. The first-order chi connectivity index (χ1) is 12.5. The number of aryl methyl sites for hydroxylation is 1. The summed E-state index contributed by atoms with van der Waals surface area (Å²) in [6.07, 6.45) is 2.01. The quantitative estimate of drug-likeness (QED) is 0.696. The van der Waals surface area contributed by atoms with Crippen LogP contribution in [0.4, 0.5) is 0 Å². The van der Waals surface area contributed by atoms with E-state index in [1.165, 1.54) is 5.56 Å². The summed E-state index contributed by atoms with van der Waals surface area (Å²) in [7, 11) is 0. The zero-order chi connectivity index (χ0) is 18.9. The van der Waals surface area contributed by atoms with Crippen molar-refractivity contribution in [1.29, 1.82) is 0 Å². The van der Waals surface area contributed by atoms with E-state index in [2.05, 4.69) is 12.2 Å². The Bertz CT molecular complexity index is 710. The molecule has 0 aliphatic carbocycles. The van der Waals surface area contributed by atoms with Crippen LogP contribution in [0.15, 0.2) is 42.5 Å². The summed E-state index contributed by atoms with van der Waals surface area (Å²) in [4.78, 5) is 12.5. The van der Waals surface area contributed by atoms with E-state index in [0.29, 0.717) is 18.8 Å². The molecule has 4 heteroatoms. The molecule has 0 fully saturated rings. The van der Waals surface area contributed by atoms with Gasteiger partial charge in [0.15, 0.2) is 0 Å². The Morgan fingerprint density at radius 1 is 1.08 bits per heavy atom. The van der Waals surface area contributed by atoms with Gasteiger partial charge >= 0.3 is 0 Å². The molecule has 2 rings (SSSR count). The van der Waals surface area contributed by atoms with Crippen LogP contribution in [-0.4, -0.2) is 18.6 Å². The number of hydrogen-bond acceptors (Lipinski definition) is 3. The molecule has 0 aliphatic rings. The Kier molecular flexibility index (Phi) is 7.52. The minimum Gasteiger partial charge on any atom is -0.493 e. The molecule has 1 unspecified atom stereocenters. The highest BCUT2D eigenvalue weighted by Gasteiger charge is 2.13. The molecule has 0 aromatic heterocycles. The summed E-state index contributed by atoms with van der Waals surface area (Å²) >= 11 is 0. The lowest BCUT2D eigenvalue weighted by Gasteiger charge is -2.15. The van der Waals surface area contributed by atoms with Crippen molar-refractivity contribution in [3.05, 3.63) is 59.2 Å². The molecule has 0 bridgehead atoms. The Balaban J connectivity index is 2.13. The van der Waals surface area contributed by atoms with E-state index in [1.807, 2.05) is 57.2 Å². The van der Waals surface area contributed by atoms with E-state index in [4.69, 9.17) is 9.47 Å². The highest BCUT2D eigenvalue weighted by Crippen LogP contribution is 2.23. The van der Waals surface area contributed by atoms with Crippen LogP contribution in [0.25, 0.3) is 0 Å². The minimum absolute atomic E-state index is 0.0643. The number of nitrogens with one attached hydrogen (secondary N) is 1. The maximum Gasteiger partial charge on any atom is 0.251 e. The topological polar surface area (TPSA) is 47.6 Å². The normalized spacial score (nSPS) is 11.7. The summed E-state index contributed by atoms with van der Waals surface area (Å²) in [5.41, 5.74) is 2.68. The van der Waals surface area contributed by atoms with Crippen LogP contribution < -0.4 is 14.8 Å². The smallest absolute Gasteiger partial charge is 0.251 e. The number of amides is 1. The predicted octanol–water partition coefficient (Wildman–Crippen LogP) is 4.89. The van der Waals surface area contributed by atoms with E-state index < -0.39 is 0 Å². The lowest BCUT2D eigenvalue weighted by atomic mass is 10.1. The molecule has 2 aromatic rings. The van der Waals surface area contributed by atoms with Gasteiger partial charge in [0, 0.05) is 17.2 Å². The van der Waals surface area contributed by atoms with Gasteiger partial charge < -0.3 is 14.8 Å². The van der Waals surface area contributed by atoms with Crippen LogP contribution in [0, 0.1) is 6.92 Å². The van der Waals surface area contributed by atoms with Crippen LogP contribution in [-0.2, 0) is 6.61 Å². The lowest BCUT2D eigenvalue weighted by Crippen LogP contribution is -2.32. The summed E-state index contributed by atoms with van der Waals surface area (Å²) in [6.45, 7) is 9.04. The lowest BCUT2D eigenvalue weighted by molar-refractivity contribution is 0.0938. The van der Waals surface area contributed by atoms with Gasteiger partial charge in [0.1, 0.15) is 18.1 Å². The molecular formula is C22H29NO3. The van der Waals surface area contributed by atoms with Gasteiger partial charge in [-0.3, -0.25) is 4.79 Å². The monoisotopic (exact) mass is 355 g/mol. The molecule has 1 atom stereocenters. The highest BCUT2D eigenvalue weighted by molar-refractivity contribution is 5.94. The van der Waals surface area contributed by atoms with Crippen LogP contribution in [0.2, 0.25) is 0 Å². The second kappa shape index (κ2) is 9.85. The summed E-state index contributed by atoms with van der Waals surface area (Å²) in [6, 6.07) is 13.6. The SMILES string of the molecule is CCCC(C)NC(=O)c1ccc(OCC)c(COc2ccc(C)cc2)c1. The van der Waals surface area contributed by atoms with Gasteiger partial charge in [0.05, 0.1) is 6.61 Å². The molecular weight excluding hydrogens is 326 g/mol. The third-order valence-corrected chi connectivity index (χ3v) is 4.14. The molecule has 4 nitrogen and oxygen atoms in total. The molecule has 0 saturated carbocycles. The van der Waals surface area contributed by atoms with Crippen LogP contribution >= 0.6 is 0 Å². The second-order valence-electron chi connectivity index (χ2n) is 6.52. The van der Waals surface area contributed by atoms with Crippen LogP contribution in [0.1, 0.15) is 55.1 Å².